The van der Waals surface area contributed by atoms with Crippen LogP contribution in [-0.2, 0) is 9.53 Å². The molecule has 3 fully saturated rings. The zero-order valence-corrected chi connectivity index (χ0v) is 18.0. The van der Waals surface area contributed by atoms with Crippen molar-refractivity contribution < 1.29 is 9.53 Å². The van der Waals surface area contributed by atoms with Gasteiger partial charge in [-0.15, -0.1) is 0 Å². The average molecular weight is 468 g/mol. The number of hydrogen-bond acceptors (Lipinski definition) is 5. The minimum Gasteiger partial charge on any atom is -0.368 e. The number of nitrogens with zero attached hydrogens (tertiary/aromatic N) is 5. The summed E-state index contributed by atoms with van der Waals surface area (Å²) in [6, 6.07) is 14.5. The summed E-state index contributed by atoms with van der Waals surface area (Å²) in [5.41, 5.74) is 2.38. The van der Waals surface area contributed by atoms with E-state index in [0.717, 1.165) is 41.9 Å². The number of hydrogen-bond donors (Lipinski definition) is 0. The van der Waals surface area contributed by atoms with Crippen LogP contribution in [0, 0.1) is 0 Å². The SMILES string of the molecule is O=C1N2[C@@H](CC[C@H]2c2ccccc2)OC12CCN(c1ccc(Br)n3ncnc13)CC2. The number of piperidine rings is 1. The van der Waals surface area contributed by atoms with Crippen LogP contribution in [0.15, 0.2) is 53.4 Å². The largest absolute Gasteiger partial charge is 0.368 e. The summed E-state index contributed by atoms with van der Waals surface area (Å²) in [6.45, 7) is 1.51. The summed E-state index contributed by atoms with van der Waals surface area (Å²) >= 11 is 3.51. The monoisotopic (exact) mass is 467 g/mol. The molecule has 1 amide bonds. The lowest BCUT2D eigenvalue weighted by Crippen LogP contribution is -2.50. The third-order valence-corrected chi connectivity index (χ3v) is 7.37. The van der Waals surface area contributed by atoms with E-state index in [1.165, 1.54) is 5.56 Å². The number of rotatable bonds is 2. The van der Waals surface area contributed by atoms with Crippen molar-refractivity contribution >= 4 is 33.2 Å². The first-order valence-corrected chi connectivity index (χ1v) is 11.2. The Morgan fingerprint density at radius 3 is 2.67 bits per heavy atom. The van der Waals surface area contributed by atoms with Crippen molar-refractivity contribution in [2.75, 3.05) is 18.0 Å². The zero-order chi connectivity index (χ0) is 20.3. The van der Waals surface area contributed by atoms with E-state index >= 15 is 0 Å². The normalized spacial score (nSPS) is 25.4. The highest BCUT2D eigenvalue weighted by molar-refractivity contribution is 9.10. The minimum atomic E-state index is -0.687. The summed E-state index contributed by atoms with van der Waals surface area (Å²) in [6.07, 6.45) is 4.73. The first-order chi connectivity index (χ1) is 14.7. The number of amides is 1. The maximum absolute atomic E-state index is 13.6. The predicted molar refractivity (Wildman–Crippen MR) is 115 cm³/mol. The first kappa shape index (κ1) is 18.3. The molecule has 2 aromatic heterocycles. The number of halogens is 1. The van der Waals surface area contributed by atoms with Crippen LogP contribution in [0.5, 0.6) is 0 Å². The summed E-state index contributed by atoms with van der Waals surface area (Å²) in [7, 11) is 0. The Morgan fingerprint density at radius 1 is 1.07 bits per heavy atom. The predicted octanol–water partition coefficient (Wildman–Crippen LogP) is 3.55. The van der Waals surface area contributed by atoms with Crippen LogP contribution in [0.2, 0.25) is 0 Å². The summed E-state index contributed by atoms with van der Waals surface area (Å²) in [5, 5.41) is 4.28. The van der Waals surface area contributed by atoms with Crippen LogP contribution in [0.1, 0.15) is 37.3 Å². The molecule has 0 N–H and O–H groups in total. The van der Waals surface area contributed by atoms with E-state index in [1.807, 2.05) is 29.2 Å². The Balaban J connectivity index is 1.23. The lowest BCUT2D eigenvalue weighted by Gasteiger charge is -2.38. The van der Waals surface area contributed by atoms with Crippen LogP contribution >= 0.6 is 15.9 Å². The van der Waals surface area contributed by atoms with Crippen molar-refractivity contribution in [1.29, 1.82) is 0 Å². The Bertz CT molecular complexity index is 1110. The van der Waals surface area contributed by atoms with Gasteiger partial charge in [0, 0.05) is 25.9 Å². The molecule has 1 aromatic carbocycles. The second kappa shape index (κ2) is 6.78. The highest BCUT2D eigenvalue weighted by Crippen LogP contribution is 2.48. The maximum atomic E-state index is 13.6. The molecule has 30 heavy (non-hydrogen) atoms. The molecule has 7 nitrogen and oxygen atoms in total. The standard InChI is InChI=1S/C22H22BrN5O2/c23-18-8-6-17(20-24-14-25-28(18)20)26-12-10-22(11-13-26)21(29)27-16(7-9-19(27)30-22)15-4-2-1-3-5-15/h1-6,8,14,16,19H,7,9-13H2/t16-,19+/m0/s1. The van der Waals surface area contributed by atoms with Crippen LogP contribution < -0.4 is 4.90 Å². The van der Waals surface area contributed by atoms with Crippen LogP contribution in [0.25, 0.3) is 5.65 Å². The molecule has 0 radical (unpaired) electrons. The van der Waals surface area contributed by atoms with Crippen LogP contribution in [-0.4, -0.2) is 50.3 Å². The number of aromatic nitrogens is 3. The number of carbonyl (C=O) groups excluding carboxylic acids is 1. The molecule has 5 heterocycles. The molecular formula is C22H22BrN5O2. The molecule has 0 saturated carbocycles. The molecule has 8 heteroatoms. The van der Waals surface area contributed by atoms with Gasteiger partial charge >= 0.3 is 0 Å². The fourth-order valence-corrected chi connectivity index (χ4v) is 5.66. The smallest absolute Gasteiger partial charge is 0.257 e. The number of ether oxygens (including phenoxy) is 1. The van der Waals surface area contributed by atoms with E-state index in [1.54, 1.807) is 10.8 Å². The molecule has 0 aliphatic carbocycles. The van der Waals surface area contributed by atoms with Crippen molar-refractivity contribution in [2.24, 2.45) is 0 Å². The number of fused-ring (bicyclic) bond motifs is 2. The number of carbonyl (C=O) groups is 1. The van der Waals surface area contributed by atoms with E-state index in [4.69, 9.17) is 4.74 Å². The van der Waals surface area contributed by atoms with Gasteiger partial charge in [-0.1, -0.05) is 30.3 Å². The van der Waals surface area contributed by atoms with Crippen molar-refractivity contribution in [3.8, 4) is 0 Å². The lowest BCUT2D eigenvalue weighted by atomic mass is 9.89. The van der Waals surface area contributed by atoms with Gasteiger partial charge in [0.2, 0.25) is 0 Å². The highest BCUT2D eigenvalue weighted by Gasteiger charge is 2.57. The van der Waals surface area contributed by atoms with Gasteiger partial charge < -0.3 is 14.5 Å². The van der Waals surface area contributed by atoms with E-state index in [9.17, 15) is 4.79 Å². The summed E-state index contributed by atoms with van der Waals surface area (Å²) < 4.78 is 9.12. The van der Waals surface area contributed by atoms with E-state index in [2.05, 4.69) is 49.1 Å². The summed E-state index contributed by atoms with van der Waals surface area (Å²) in [4.78, 5) is 22.3. The minimum absolute atomic E-state index is 0.0925. The third-order valence-electron chi connectivity index (χ3n) is 6.77. The van der Waals surface area contributed by atoms with Crippen molar-refractivity contribution in [3.05, 3.63) is 59.0 Å². The van der Waals surface area contributed by atoms with E-state index in [-0.39, 0.29) is 18.2 Å². The van der Waals surface area contributed by atoms with Gasteiger partial charge in [-0.25, -0.2) is 9.50 Å². The molecule has 3 saturated heterocycles. The molecule has 3 aliphatic heterocycles. The molecule has 0 unspecified atom stereocenters. The van der Waals surface area contributed by atoms with Gasteiger partial charge in [0.05, 0.1) is 11.7 Å². The van der Waals surface area contributed by atoms with Crippen molar-refractivity contribution in [2.45, 2.75) is 43.6 Å². The van der Waals surface area contributed by atoms with E-state index in [0.29, 0.717) is 12.8 Å². The van der Waals surface area contributed by atoms with Gasteiger partial charge in [0.15, 0.2) is 11.2 Å². The van der Waals surface area contributed by atoms with Crippen molar-refractivity contribution in [1.82, 2.24) is 19.5 Å². The Kier molecular flexibility index (Phi) is 4.14. The molecule has 0 bridgehead atoms. The van der Waals surface area contributed by atoms with E-state index < -0.39 is 5.60 Å². The average Bonchev–Trinajstić information content (AvgIpc) is 3.48. The molecule has 154 valence electrons. The summed E-state index contributed by atoms with van der Waals surface area (Å²) in [5.74, 6) is 0.168. The lowest BCUT2D eigenvalue weighted by molar-refractivity contribution is -0.140. The van der Waals surface area contributed by atoms with Gasteiger partial charge in [0.1, 0.15) is 17.2 Å². The van der Waals surface area contributed by atoms with Crippen molar-refractivity contribution in [3.63, 3.8) is 0 Å². The second-order valence-corrected chi connectivity index (χ2v) is 9.12. The molecule has 3 aliphatic rings. The first-order valence-electron chi connectivity index (χ1n) is 10.4. The molecule has 2 atom stereocenters. The quantitative estimate of drug-likeness (QED) is 0.539. The molecule has 6 rings (SSSR count). The second-order valence-electron chi connectivity index (χ2n) is 8.31. The van der Waals surface area contributed by atoms with Crippen LogP contribution in [0.4, 0.5) is 5.69 Å². The highest BCUT2D eigenvalue weighted by atomic mass is 79.9. The molecule has 1 spiro atoms. The zero-order valence-electron chi connectivity index (χ0n) is 16.4. The Hall–Kier alpha value is -2.45. The third kappa shape index (κ3) is 2.63. The van der Waals surface area contributed by atoms with Gasteiger partial charge in [-0.05, 0) is 46.5 Å². The molecular weight excluding hydrogens is 446 g/mol. The fraction of sp³-hybridized carbons (Fsp3) is 0.409. The van der Waals surface area contributed by atoms with Gasteiger partial charge in [0.25, 0.3) is 5.91 Å². The number of anilines is 1. The molecule has 3 aromatic rings. The maximum Gasteiger partial charge on any atom is 0.257 e. The number of benzene rings is 1. The Morgan fingerprint density at radius 2 is 1.87 bits per heavy atom. The Labute approximate surface area is 182 Å². The fourth-order valence-electron chi connectivity index (χ4n) is 5.27. The van der Waals surface area contributed by atoms with Gasteiger partial charge in [-0.3, -0.25) is 4.79 Å². The van der Waals surface area contributed by atoms with Gasteiger partial charge in [-0.2, -0.15) is 5.10 Å². The van der Waals surface area contributed by atoms with Crippen LogP contribution in [0.3, 0.4) is 0 Å². The number of pyridine rings is 1. The topological polar surface area (TPSA) is 63.0 Å².